The molecule has 1 saturated heterocycles. The highest BCUT2D eigenvalue weighted by Gasteiger charge is 2.26. The lowest BCUT2D eigenvalue weighted by Crippen LogP contribution is -2.52. The maximum Gasteiger partial charge on any atom is 0.239 e. The van der Waals surface area contributed by atoms with Crippen molar-refractivity contribution in [1.82, 2.24) is 10.2 Å². The molecule has 0 spiro atoms. The van der Waals surface area contributed by atoms with Crippen LogP contribution in [0, 0.1) is 0 Å². The van der Waals surface area contributed by atoms with E-state index < -0.39 is 5.54 Å². The number of nitrogens with one attached hydrogen (secondary N) is 1. The summed E-state index contributed by atoms with van der Waals surface area (Å²) in [6.45, 7) is 11.7. The predicted octanol–water partition coefficient (Wildman–Crippen LogP) is 1.54. The van der Waals surface area contributed by atoms with E-state index in [1.807, 2.05) is 6.92 Å². The van der Waals surface area contributed by atoms with E-state index >= 15 is 0 Å². The van der Waals surface area contributed by atoms with Gasteiger partial charge in [0, 0.05) is 26.2 Å². The van der Waals surface area contributed by atoms with Gasteiger partial charge in [-0.3, -0.25) is 9.69 Å². The molecule has 21 heavy (non-hydrogen) atoms. The van der Waals surface area contributed by atoms with Crippen molar-refractivity contribution >= 4 is 18.3 Å². The largest absolute Gasteiger partial charge is 0.373 e. The van der Waals surface area contributed by atoms with Crippen LogP contribution in [-0.2, 0) is 9.53 Å². The van der Waals surface area contributed by atoms with E-state index in [4.69, 9.17) is 10.5 Å². The second-order valence-corrected chi connectivity index (χ2v) is 6.29. The Hall–Kier alpha value is -0.360. The fraction of sp³-hybridized carbons (Fsp3) is 0.933. The normalized spacial score (nSPS) is 25.8. The molecule has 1 amide bonds. The van der Waals surface area contributed by atoms with E-state index in [-0.39, 0.29) is 18.3 Å². The standard InChI is InChI=1S/C15H31N3O2.ClH/c1-5-7-15(4,16)14(19)17-8-6-9-18-10-12(2)20-13(3)11-18;/h12-13H,5-11,16H2,1-4H3,(H,17,19);1H. The van der Waals surface area contributed by atoms with Gasteiger partial charge in [0.25, 0.3) is 0 Å². The molecule has 1 aliphatic heterocycles. The van der Waals surface area contributed by atoms with Crippen LogP contribution < -0.4 is 11.1 Å². The third kappa shape index (κ3) is 7.45. The Morgan fingerprint density at radius 1 is 1.38 bits per heavy atom. The van der Waals surface area contributed by atoms with Gasteiger partial charge in [0.05, 0.1) is 17.7 Å². The number of halogens is 1. The Bertz CT molecular complexity index is 303. The van der Waals surface area contributed by atoms with Crippen molar-refractivity contribution in [3.8, 4) is 0 Å². The Morgan fingerprint density at radius 2 is 1.95 bits per heavy atom. The molecule has 3 atom stereocenters. The Morgan fingerprint density at radius 3 is 2.48 bits per heavy atom. The van der Waals surface area contributed by atoms with Crippen LogP contribution in [0.3, 0.4) is 0 Å². The summed E-state index contributed by atoms with van der Waals surface area (Å²) in [5.41, 5.74) is 5.25. The number of nitrogens with zero attached hydrogens (tertiary/aromatic N) is 1. The molecule has 0 radical (unpaired) electrons. The third-order valence-electron chi connectivity index (χ3n) is 3.72. The average Bonchev–Trinajstić information content (AvgIpc) is 2.33. The highest BCUT2D eigenvalue weighted by Crippen LogP contribution is 2.11. The van der Waals surface area contributed by atoms with E-state index in [1.165, 1.54) is 0 Å². The summed E-state index contributed by atoms with van der Waals surface area (Å²) in [5, 5.41) is 2.95. The van der Waals surface area contributed by atoms with Crippen molar-refractivity contribution in [3.05, 3.63) is 0 Å². The summed E-state index contributed by atoms with van der Waals surface area (Å²) in [4.78, 5) is 14.3. The lowest BCUT2D eigenvalue weighted by molar-refractivity contribution is -0.126. The highest BCUT2D eigenvalue weighted by molar-refractivity contribution is 5.85. The summed E-state index contributed by atoms with van der Waals surface area (Å²) < 4.78 is 5.70. The lowest BCUT2D eigenvalue weighted by atomic mass is 9.96. The van der Waals surface area contributed by atoms with Gasteiger partial charge in [0.1, 0.15) is 0 Å². The first-order chi connectivity index (χ1) is 9.35. The molecule has 1 fully saturated rings. The maximum atomic E-state index is 11.9. The first-order valence-electron chi connectivity index (χ1n) is 7.80. The van der Waals surface area contributed by atoms with Crippen LogP contribution in [0.25, 0.3) is 0 Å². The van der Waals surface area contributed by atoms with Gasteiger partial charge in [-0.2, -0.15) is 0 Å². The highest BCUT2D eigenvalue weighted by atomic mass is 35.5. The van der Waals surface area contributed by atoms with Gasteiger partial charge in [0.2, 0.25) is 5.91 Å². The molecule has 3 unspecified atom stereocenters. The molecule has 0 bridgehead atoms. The van der Waals surface area contributed by atoms with E-state index in [2.05, 4.69) is 24.1 Å². The van der Waals surface area contributed by atoms with Gasteiger partial charge < -0.3 is 15.8 Å². The molecule has 126 valence electrons. The zero-order valence-corrected chi connectivity index (χ0v) is 14.7. The number of hydrogen-bond donors (Lipinski definition) is 2. The fourth-order valence-electron chi connectivity index (χ4n) is 2.81. The van der Waals surface area contributed by atoms with Gasteiger partial charge in [-0.1, -0.05) is 13.3 Å². The fourth-order valence-corrected chi connectivity index (χ4v) is 2.81. The number of morpholine rings is 1. The monoisotopic (exact) mass is 321 g/mol. The van der Waals surface area contributed by atoms with Crippen molar-refractivity contribution in [1.29, 1.82) is 0 Å². The molecule has 1 aliphatic rings. The zero-order chi connectivity index (χ0) is 15.2. The summed E-state index contributed by atoms with van der Waals surface area (Å²) in [6.07, 6.45) is 3.18. The van der Waals surface area contributed by atoms with Gasteiger partial charge in [-0.05, 0) is 33.6 Å². The average molecular weight is 322 g/mol. The Balaban J connectivity index is 0.00000400. The minimum atomic E-state index is -0.739. The van der Waals surface area contributed by atoms with Crippen LogP contribution in [0.4, 0.5) is 0 Å². The number of amides is 1. The molecule has 1 heterocycles. The second kappa shape index (κ2) is 9.62. The minimum absolute atomic E-state index is 0. The number of ether oxygens (including phenoxy) is 1. The molecule has 0 aromatic rings. The molecule has 0 aromatic carbocycles. The van der Waals surface area contributed by atoms with Crippen molar-refractivity contribution in [2.24, 2.45) is 5.73 Å². The van der Waals surface area contributed by atoms with Gasteiger partial charge in [-0.25, -0.2) is 0 Å². The van der Waals surface area contributed by atoms with Crippen molar-refractivity contribution < 1.29 is 9.53 Å². The van der Waals surface area contributed by atoms with Crippen LogP contribution in [0.2, 0.25) is 0 Å². The molecule has 0 aliphatic carbocycles. The molecule has 1 rings (SSSR count). The van der Waals surface area contributed by atoms with Crippen LogP contribution in [-0.4, -0.2) is 54.7 Å². The summed E-state index contributed by atoms with van der Waals surface area (Å²) >= 11 is 0. The van der Waals surface area contributed by atoms with E-state index in [9.17, 15) is 4.79 Å². The predicted molar refractivity (Wildman–Crippen MR) is 88.8 cm³/mol. The summed E-state index contributed by atoms with van der Waals surface area (Å²) in [5.74, 6) is -0.0388. The number of carbonyl (C=O) groups is 1. The zero-order valence-electron chi connectivity index (χ0n) is 13.9. The summed E-state index contributed by atoms with van der Waals surface area (Å²) in [7, 11) is 0. The quantitative estimate of drug-likeness (QED) is 0.698. The molecule has 5 nitrogen and oxygen atoms in total. The molecule has 0 aromatic heterocycles. The molecule has 3 N–H and O–H groups in total. The van der Waals surface area contributed by atoms with Crippen LogP contribution in [0.1, 0.15) is 47.0 Å². The number of nitrogens with two attached hydrogens (primary N) is 1. The van der Waals surface area contributed by atoms with Crippen LogP contribution in [0.15, 0.2) is 0 Å². The second-order valence-electron chi connectivity index (χ2n) is 6.29. The number of hydrogen-bond acceptors (Lipinski definition) is 4. The van der Waals surface area contributed by atoms with Crippen LogP contribution in [0.5, 0.6) is 0 Å². The third-order valence-corrected chi connectivity index (χ3v) is 3.72. The first kappa shape index (κ1) is 20.6. The van der Waals surface area contributed by atoms with Gasteiger partial charge in [-0.15, -0.1) is 12.4 Å². The Labute approximate surface area is 135 Å². The Kier molecular flexibility index (Phi) is 9.45. The van der Waals surface area contributed by atoms with Gasteiger partial charge in [0.15, 0.2) is 0 Å². The van der Waals surface area contributed by atoms with E-state index in [0.29, 0.717) is 18.8 Å². The molecule has 0 saturated carbocycles. The molecular formula is C15H32ClN3O2. The van der Waals surface area contributed by atoms with Gasteiger partial charge >= 0.3 is 0 Å². The van der Waals surface area contributed by atoms with Crippen molar-refractivity contribution in [2.75, 3.05) is 26.2 Å². The van der Waals surface area contributed by atoms with E-state index in [1.54, 1.807) is 6.92 Å². The lowest BCUT2D eigenvalue weighted by Gasteiger charge is -2.35. The number of carbonyl (C=O) groups excluding carboxylic acids is 1. The van der Waals surface area contributed by atoms with Crippen molar-refractivity contribution in [3.63, 3.8) is 0 Å². The summed E-state index contributed by atoms with van der Waals surface area (Å²) in [6, 6.07) is 0. The smallest absolute Gasteiger partial charge is 0.239 e. The van der Waals surface area contributed by atoms with Crippen molar-refractivity contribution in [2.45, 2.75) is 64.7 Å². The maximum absolute atomic E-state index is 11.9. The SMILES string of the molecule is CCCC(C)(N)C(=O)NCCCN1CC(C)OC(C)C1.Cl. The van der Waals surface area contributed by atoms with E-state index in [0.717, 1.165) is 38.9 Å². The molecule has 6 heteroatoms. The van der Waals surface area contributed by atoms with Crippen LogP contribution >= 0.6 is 12.4 Å². The minimum Gasteiger partial charge on any atom is -0.373 e. The number of rotatable bonds is 7. The molecular weight excluding hydrogens is 290 g/mol. The topological polar surface area (TPSA) is 67.6 Å². The first-order valence-corrected chi connectivity index (χ1v) is 7.80.